The van der Waals surface area contributed by atoms with E-state index >= 15 is 0 Å². The number of carbonyl (C=O) groups excluding carboxylic acids is 2. The number of aryl methyl sites for hydroxylation is 1. The van der Waals surface area contributed by atoms with Crippen LogP contribution in [0.15, 0.2) is 77.7 Å². The van der Waals surface area contributed by atoms with Gasteiger partial charge in [0.2, 0.25) is 0 Å². The lowest BCUT2D eigenvalue weighted by Crippen LogP contribution is -2.29. The van der Waals surface area contributed by atoms with Crippen molar-refractivity contribution in [2.24, 2.45) is 0 Å². The van der Waals surface area contributed by atoms with Gasteiger partial charge in [-0.1, -0.05) is 42.5 Å². The van der Waals surface area contributed by atoms with Crippen LogP contribution in [0.2, 0.25) is 0 Å². The zero-order chi connectivity index (χ0) is 25.0. The SMILES string of the molecule is Cc1cccc(NC(=O)COC(=O)/C=C/c2ccc(S(=O)(=O)N3CCc4ccccc43)cc2)c1C. The molecule has 1 heterocycles. The van der Waals surface area contributed by atoms with Crippen molar-refractivity contribution in [3.8, 4) is 0 Å². The monoisotopic (exact) mass is 490 g/mol. The number of carbonyl (C=O) groups is 2. The second-order valence-corrected chi connectivity index (χ2v) is 10.1. The van der Waals surface area contributed by atoms with Crippen LogP contribution in [0.5, 0.6) is 0 Å². The van der Waals surface area contributed by atoms with Gasteiger partial charge in [-0.05, 0) is 72.9 Å². The summed E-state index contributed by atoms with van der Waals surface area (Å²) in [5, 5.41) is 2.73. The van der Waals surface area contributed by atoms with Crippen LogP contribution in [0, 0.1) is 13.8 Å². The second kappa shape index (κ2) is 10.1. The molecule has 1 N–H and O–H groups in total. The van der Waals surface area contributed by atoms with Gasteiger partial charge in [-0.15, -0.1) is 0 Å². The Kier molecular flexibility index (Phi) is 7.02. The molecule has 1 amide bonds. The van der Waals surface area contributed by atoms with E-state index in [4.69, 9.17) is 4.74 Å². The molecule has 180 valence electrons. The molecule has 0 fully saturated rings. The molecule has 35 heavy (non-hydrogen) atoms. The topological polar surface area (TPSA) is 92.8 Å². The van der Waals surface area contributed by atoms with Crippen LogP contribution in [0.4, 0.5) is 11.4 Å². The highest BCUT2D eigenvalue weighted by molar-refractivity contribution is 7.92. The largest absolute Gasteiger partial charge is 0.452 e. The fourth-order valence-electron chi connectivity index (χ4n) is 3.86. The maximum atomic E-state index is 13.1. The average Bonchev–Trinajstić information content (AvgIpc) is 3.30. The predicted octanol–water partition coefficient (Wildman–Crippen LogP) is 4.25. The first-order chi connectivity index (χ1) is 16.8. The average molecular weight is 491 g/mol. The van der Waals surface area contributed by atoms with Crippen LogP contribution >= 0.6 is 0 Å². The van der Waals surface area contributed by atoms with Crippen LogP contribution < -0.4 is 9.62 Å². The number of amides is 1. The first kappa shape index (κ1) is 24.2. The summed E-state index contributed by atoms with van der Waals surface area (Å²) in [6, 6.07) is 19.3. The van der Waals surface area contributed by atoms with Crippen molar-refractivity contribution in [2.45, 2.75) is 25.2 Å². The summed E-state index contributed by atoms with van der Waals surface area (Å²) in [7, 11) is -3.68. The maximum absolute atomic E-state index is 13.1. The molecule has 1 aliphatic rings. The standard InChI is InChI=1S/C27H26N2O5S/c1-19-6-5-8-24(20(19)2)28-26(30)18-34-27(31)15-12-21-10-13-23(14-11-21)35(32,33)29-17-16-22-7-3-4-9-25(22)29/h3-15H,16-18H2,1-2H3,(H,28,30)/b15-12+. The van der Waals surface area contributed by atoms with Crippen LogP contribution in [-0.4, -0.2) is 33.4 Å². The van der Waals surface area contributed by atoms with Crippen LogP contribution in [0.3, 0.4) is 0 Å². The Hall–Kier alpha value is -3.91. The lowest BCUT2D eigenvalue weighted by Gasteiger charge is -2.19. The molecule has 7 nitrogen and oxygen atoms in total. The summed E-state index contributed by atoms with van der Waals surface area (Å²) < 4.78 is 32.6. The number of ether oxygens (including phenoxy) is 1. The smallest absolute Gasteiger partial charge is 0.331 e. The number of para-hydroxylation sites is 1. The van der Waals surface area contributed by atoms with Gasteiger partial charge in [-0.3, -0.25) is 9.10 Å². The molecule has 4 rings (SSSR count). The Morgan fingerprint density at radius 1 is 1.00 bits per heavy atom. The molecule has 3 aromatic rings. The first-order valence-corrected chi connectivity index (χ1v) is 12.6. The molecule has 0 unspecified atom stereocenters. The fourth-order valence-corrected chi connectivity index (χ4v) is 5.36. The highest BCUT2D eigenvalue weighted by Crippen LogP contribution is 2.32. The van der Waals surface area contributed by atoms with Gasteiger partial charge in [-0.2, -0.15) is 0 Å². The minimum atomic E-state index is -3.68. The number of rotatable bonds is 7. The summed E-state index contributed by atoms with van der Waals surface area (Å²) in [5.41, 5.74) is 5.02. The van der Waals surface area contributed by atoms with Crippen molar-refractivity contribution in [3.05, 3.63) is 95.1 Å². The van der Waals surface area contributed by atoms with E-state index in [9.17, 15) is 18.0 Å². The van der Waals surface area contributed by atoms with Gasteiger partial charge in [0.15, 0.2) is 6.61 Å². The number of hydrogen-bond acceptors (Lipinski definition) is 5. The van der Waals surface area contributed by atoms with Crippen LogP contribution in [-0.2, 0) is 30.8 Å². The molecule has 0 bridgehead atoms. The fraction of sp³-hybridized carbons (Fsp3) is 0.185. The van der Waals surface area contributed by atoms with E-state index in [0.717, 1.165) is 16.7 Å². The lowest BCUT2D eigenvalue weighted by atomic mass is 10.1. The van der Waals surface area contributed by atoms with Gasteiger partial charge in [-0.25, -0.2) is 13.2 Å². The molecule has 1 aliphatic heterocycles. The summed E-state index contributed by atoms with van der Waals surface area (Å²) in [6.07, 6.45) is 3.39. The summed E-state index contributed by atoms with van der Waals surface area (Å²) in [6.45, 7) is 3.85. The number of sulfonamides is 1. The molecule has 0 saturated carbocycles. The molecule has 3 aromatic carbocycles. The molecule has 0 aliphatic carbocycles. The molecule has 0 aromatic heterocycles. The van der Waals surface area contributed by atoms with Crippen LogP contribution in [0.1, 0.15) is 22.3 Å². The third kappa shape index (κ3) is 5.44. The van der Waals surface area contributed by atoms with Gasteiger partial charge < -0.3 is 10.1 Å². The van der Waals surface area contributed by atoms with Gasteiger partial charge in [0, 0.05) is 18.3 Å². The Balaban J connectivity index is 1.33. The molecule has 0 saturated heterocycles. The Morgan fingerprint density at radius 3 is 2.51 bits per heavy atom. The normalized spacial score (nSPS) is 13.0. The van der Waals surface area contributed by atoms with E-state index in [2.05, 4.69) is 5.32 Å². The van der Waals surface area contributed by atoms with Gasteiger partial charge in [0.05, 0.1) is 10.6 Å². The Morgan fingerprint density at radius 2 is 1.74 bits per heavy atom. The third-order valence-corrected chi connectivity index (χ3v) is 7.78. The molecular weight excluding hydrogens is 464 g/mol. The summed E-state index contributed by atoms with van der Waals surface area (Å²) in [5.74, 6) is -1.11. The number of fused-ring (bicyclic) bond motifs is 1. The van der Waals surface area contributed by atoms with E-state index < -0.39 is 28.5 Å². The Labute approximate surface area is 205 Å². The van der Waals surface area contributed by atoms with Crippen molar-refractivity contribution in [3.63, 3.8) is 0 Å². The summed E-state index contributed by atoms with van der Waals surface area (Å²) >= 11 is 0. The number of nitrogens with zero attached hydrogens (tertiary/aromatic N) is 1. The zero-order valence-electron chi connectivity index (χ0n) is 19.5. The van der Waals surface area contributed by atoms with Crippen LogP contribution in [0.25, 0.3) is 6.08 Å². The number of anilines is 2. The van der Waals surface area contributed by atoms with Gasteiger partial charge >= 0.3 is 5.97 Å². The van der Waals surface area contributed by atoms with E-state index in [1.807, 2.05) is 50.2 Å². The molecule has 0 atom stereocenters. The van der Waals surface area contributed by atoms with Gasteiger partial charge in [0.25, 0.3) is 15.9 Å². The van der Waals surface area contributed by atoms with Crippen molar-refractivity contribution < 1.29 is 22.7 Å². The van der Waals surface area contributed by atoms with E-state index in [1.54, 1.807) is 18.2 Å². The van der Waals surface area contributed by atoms with Crippen molar-refractivity contribution in [1.29, 1.82) is 0 Å². The third-order valence-electron chi connectivity index (χ3n) is 5.95. The number of hydrogen-bond donors (Lipinski definition) is 1. The quantitative estimate of drug-likeness (QED) is 0.395. The molecular formula is C27H26N2O5S. The van der Waals surface area contributed by atoms with E-state index in [0.29, 0.717) is 29.9 Å². The second-order valence-electron chi connectivity index (χ2n) is 8.26. The number of benzene rings is 3. The minimum Gasteiger partial charge on any atom is -0.452 e. The van der Waals surface area contributed by atoms with E-state index in [1.165, 1.54) is 28.6 Å². The molecule has 0 radical (unpaired) electrons. The maximum Gasteiger partial charge on any atom is 0.331 e. The molecule has 0 spiro atoms. The Bertz CT molecular complexity index is 1400. The number of esters is 1. The summed E-state index contributed by atoms with van der Waals surface area (Å²) in [4.78, 5) is 24.3. The minimum absolute atomic E-state index is 0.178. The molecule has 8 heteroatoms. The lowest BCUT2D eigenvalue weighted by molar-refractivity contribution is -0.142. The highest BCUT2D eigenvalue weighted by atomic mass is 32.2. The predicted molar refractivity (Wildman–Crippen MR) is 136 cm³/mol. The van der Waals surface area contributed by atoms with Gasteiger partial charge in [0.1, 0.15) is 0 Å². The van der Waals surface area contributed by atoms with Crippen molar-refractivity contribution in [1.82, 2.24) is 0 Å². The highest BCUT2D eigenvalue weighted by Gasteiger charge is 2.30. The van der Waals surface area contributed by atoms with Crippen molar-refractivity contribution in [2.75, 3.05) is 22.8 Å². The van der Waals surface area contributed by atoms with E-state index in [-0.39, 0.29) is 4.90 Å². The van der Waals surface area contributed by atoms with Crippen molar-refractivity contribution >= 4 is 39.4 Å². The first-order valence-electron chi connectivity index (χ1n) is 11.2. The number of nitrogens with one attached hydrogen (secondary N) is 1. The zero-order valence-corrected chi connectivity index (χ0v) is 20.3.